The van der Waals surface area contributed by atoms with E-state index in [4.69, 9.17) is 0 Å². The molecule has 0 fully saturated rings. The van der Waals surface area contributed by atoms with E-state index in [1.165, 1.54) is 23.3 Å². The quantitative estimate of drug-likeness (QED) is 0.622. The lowest BCUT2D eigenvalue weighted by Gasteiger charge is -2.27. The predicted octanol–water partition coefficient (Wildman–Crippen LogP) is 5.65. The molecule has 1 aromatic rings. The summed E-state index contributed by atoms with van der Waals surface area (Å²) in [7, 11) is 0. The van der Waals surface area contributed by atoms with Gasteiger partial charge in [0.1, 0.15) is 0 Å². The Bertz CT molecular complexity index is 339. The van der Waals surface area contributed by atoms with Gasteiger partial charge in [-0.3, -0.25) is 0 Å². The molecule has 0 bridgehead atoms. The van der Waals surface area contributed by atoms with E-state index < -0.39 is 0 Å². The number of hydrogen-bond donors (Lipinski definition) is 0. The zero-order valence-corrected chi connectivity index (χ0v) is 12.9. The highest BCUT2D eigenvalue weighted by molar-refractivity contribution is 8.00. The van der Waals surface area contributed by atoms with Crippen LogP contribution in [0.25, 0.3) is 0 Å². The van der Waals surface area contributed by atoms with Gasteiger partial charge in [-0.25, -0.2) is 0 Å². The Morgan fingerprint density at radius 1 is 0.882 bits per heavy atom. The van der Waals surface area contributed by atoms with Crippen LogP contribution in [0.5, 0.6) is 0 Å². The Morgan fingerprint density at radius 3 is 1.71 bits per heavy atom. The summed E-state index contributed by atoms with van der Waals surface area (Å²) in [5, 5.41) is 0. The molecule has 1 rings (SSSR count). The highest BCUT2D eigenvalue weighted by Gasteiger charge is 2.22. The van der Waals surface area contributed by atoms with Crippen molar-refractivity contribution in [1.82, 2.24) is 0 Å². The van der Waals surface area contributed by atoms with E-state index in [1.807, 2.05) is 11.8 Å². The van der Waals surface area contributed by atoms with E-state index in [0.29, 0.717) is 10.2 Å². The molecular weight excluding hydrogens is 224 g/mol. The van der Waals surface area contributed by atoms with Gasteiger partial charge >= 0.3 is 0 Å². The van der Waals surface area contributed by atoms with Gasteiger partial charge in [0.25, 0.3) is 0 Å². The Kier molecular flexibility index (Phi) is 4.71. The Labute approximate surface area is 111 Å². The fourth-order valence-corrected chi connectivity index (χ4v) is 2.92. The van der Waals surface area contributed by atoms with Crippen molar-refractivity contribution in [2.45, 2.75) is 69.4 Å². The summed E-state index contributed by atoms with van der Waals surface area (Å²) in [5.41, 5.74) is 1.81. The number of rotatable bonds is 4. The second kappa shape index (κ2) is 5.48. The summed E-state index contributed by atoms with van der Waals surface area (Å²) in [5.74, 6) is 0. The van der Waals surface area contributed by atoms with Gasteiger partial charge in [0.2, 0.25) is 0 Å². The Morgan fingerprint density at radius 2 is 1.35 bits per heavy atom. The first-order valence-electron chi connectivity index (χ1n) is 6.60. The maximum Gasteiger partial charge on any atom is 0.0122 e. The molecule has 0 aliphatic heterocycles. The van der Waals surface area contributed by atoms with E-state index in [9.17, 15) is 0 Å². The third-order valence-electron chi connectivity index (χ3n) is 3.54. The van der Waals surface area contributed by atoms with Crippen molar-refractivity contribution in [2.75, 3.05) is 0 Å². The molecule has 0 radical (unpaired) electrons. The Balaban J connectivity index is 2.88. The molecule has 0 heterocycles. The monoisotopic (exact) mass is 250 g/mol. The molecule has 0 aromatic heterocycles. The maximum atomic E-state index is 2.36. The van der Waals surface area contributed by atoms with Gasteiger partial charge in [0.05, 0.1) is 0 Å². The predicted molar refractivity (Wildman–Crippen MR) is 80.0 cm³/mol. The van der Waals surface area contributed by atoms with Crippen LogP contribution in [0.3, 0.4) is 0 Å². The lowest BCUT2D eigenvalue weighted by Crippen LogP contribution is -2.19. The second-order valence-electron chi connectivity index (χ2n) is 6.01. The highest BCUT2D eigenvalue weighted by Crippen LogP contribution is 2.35. The zero-order chi connectivity index (χ0) is 13.1. The summed E-state index contributed by atoms with van der Waals surface area (Å²) in [4.78, 5) is 1.37. The van der Waals surface area contributed by atoms with Crippen LogP contribution >= 0.6 is 11.8 Å². The van der Waals surface area contributed by atoms with Crippen LogP contribution in [0, 0.1) is 0 Å². The normalized spacial score (nSPS) is 12.8. The summed E-state index contributed by atoms with van der Waals surface area (Å²) in [6.45, 7) is 13.7. The van der Waals surface area contributed by atoms with E-state index >= 15 is 0 Å². The van der Waals surface area contributed by atoms with E-state index in [1.54, 1.807) is 0 Å². The molecular formula is C16H26S. The highest BCUT2D eigenvalue weighted by atomic mass is 32.2. The van der Waals surface area contributed by atoms with Gasteiger partial charge in [0.15, 0.2) is 0 Å². The second-order valence-corrected chi connectivity index (χ2v) is 7.91. The first-order chi connectivity index (χ1) is 7.80. The molecule has 0 amide bonds. The van der Waals surface area contributed by atoms with Crippen LogP contribution in [-0.4, -0.2) is 4.75 Å². The van der Waals surface area contributed by atoms with Crippen molar-refractivity contribution in [1.29, 1.82) is 0 Å². The largest absolute Gasteiger partial charge is 0.120 e. The van der Waals surface area contributed by atoms with Crippen molar-refractivity contribution in [3.63, 3.8) is 0 Å². The van der Waals surface area contributed by atoms with Crippen LogP contribution in [-0.2, 0) is 5.41 Å². The molecule has 0 atom stereocenters. The molecule has 0 nitrogen and oxygen atoms in total. The van der Waals surface area contributed by atoms with Gasteiger partial charge < -0.3 is 0 Å². The smallest absolute Gasteiger partial charge is 0.0122 e. The van der Waals surface area contributed by atoms with Crippen LogP contribution in [0.2, 0.25) is 0 Å². The molecule has 0 aliphatic rings. The van der Waals surface area contributed by atoms with Gasteiger partial charge in [0, 0.05) is 9.64 Å². The zero-order valence-electron chi connectivity index (χ0n) is 12.1. The molecule has 0 aliphatic carbocycles. The standard InChI is InChI=1S/C16H26S/c1-7-16(6,8-2)13-9-11-14(12-10-13)17-15(3,4)5/h9-12H,7-8H2,1-6H3. The average Bonchev–Trinajstić information content (AvgIpc) is 2.27. The Hall–Kier alpha value is -0.430. The molecule has 1 aromatic carbocycles. The third-order valence-corrected chi connectivity index (χ3v) is 4.66. The van der Waals surface area contributed by atoms with Gasteiger partial charge in [-0.15, -0.1) is 11.8 Å². The summed E-state index contributed by atoms with van der Waals surface area (Å²) in [6.07, 6.45) is 2.41. The molecule has 0 saturated carbocycles. The first kappa shape index (κ1) is 14.6. The minimum atomic E-state index is 0.292. The molecule has 0 saturated heterocycles. The first-order valence-corrected chi connectivity index (χ1v) is 7.42. The van der Waals surface area contributed by atoms with Crippen molar-refractivity contribution < 1.29 is 0 Å². The number of hydrogen-bond acceptors (Lipinski definition) is 1. The SMILES string of the molecule is CCC(C)(CC)c1ccc(SC(C)(C)C)cc1. The van der Waals surface area contributed by atoms with Crippen molar-refractivity contribution >= 4 is 11.8 Å². The van der Waals surface area contributed by atoms with Crippen molar-refractivity contribution in [3.05, 3.63) is 29.8 Å². The number of benzene rings is 1. The van der Waals surface area contributed by atoms with Crippen LogP contribution < -0.4 is 0 Å². The lowest BCUT2D eigenvalue weighted by molar-refractivity contribution is 0.438. The summed E-state index contributed by atoms with van der Waals surface area (Å²) < 4.78 is 0.292. The van der Waals surface area contributed by atoms with Crippen LogP contribution in [0.15, 0.2) is 29.2 Å². The molecule has 1 heteroatoms. The van der Waals surface area contributed by atoms with Crippen molar-refractivity contribution in [3.8, 4) is 0 Å². The van der Waals surface area contributed by atoms with E-state index in [-0.39, 0.29) is 0 Å². The average molecular weight is 250 g/mol. The van der Waals surface area contributed by atoms with Gasteiger partial charge in [-0.05, 0) is 36.0 Å². The maximum absolute atomic E-state index is 2.36. The fourth-order valence-electron chi connectivity index (χ4n) is 1.94. The fraction of sp³-hybridized carbons (Fsp3) is 0.625. The summed E-state index contributed by atoms with van der Waals surface area (Å²) in [6, 6.07) is 9.16. The van der Waals surface area contributed by atoms with E-state index in [0.717, 1.165) is 0 Å². The third kappa shape index (κ3) is 4.06. The molecule has 0 spiro atoms. The van der Waals surface area contributed by atoms with E-state index in [2.05, 4.69) is 65.8 Å². The minimum absolute atomic E-state index is 0.292. The molecule has 0 N–H and O–H groups in total. The lowest BCUT2D eigenvalue weighted by atomic mass is 9.78. The minimum Gasteiger partial charge on any atom is -0.120 e. The van der Waals surface area contributed by atoms with Gasteiger partial charge in [-0.2, -0.15) is 0 Å². The summed E-state index contributed by atoms with van der Waals surface area (Å²) >= 11 is 1.94. The van der Waals surface area contributed by atoms with Gasteiger partial charge in [-0.1, -0.05) is 53.7 Å². The van der Waals surface area contributed by atoms with Crippen LogP contribution in [0.4, 0.5) is 0 Å². The van der Waals surface area contributed by atoms with Crippen LogP contribution in [0.1, 0.15) is 59.9 Å². The molecule has 96 valence electrons. The molecule has 17 heavy (non-hydrogen) atoms. The van der Waals surface area contributed by atoms with Crippen molar-refractivity contribution in [2.24, 2.45) is 0 Å². The topological polar surface area (TPSA) is 0 Å². The molecule has 0 unspecified atom stereocenters. The number of thioether (sulfide) groups is 1.